The summed E-state index contributed by atoms with van der Waals surface area (Å²) in [5.41, 5.74) is 1.28. The van der Waals surface area contributed by atoms with E-state index < -0.39 is 5.41 Å². The number of aryl methyl sites for hydroxylation is 2. The number of rotatable bonds is 4. The molecule has 7 nitrogen and oxygen atoms in total. The second-order valence-electron chi connectivity index (χ2n) is 9.03. The normalized spacial score (nSPS) is 16.9. The van der Waals surface area contributed by atoms with E-state index in [2.05, 4.69) is 14.9 Å². The minimum absolute atomic E-state index is 0.122. The highest BCUT2D eigenvalue weighted by Crippen LogP contribution is 2.36. The van der Waals surface area contributed by atoms with Gasteiger partial charge >= 0.3 is 0 Å². The van der Waals surface area contributed by atoms with Gasteiger partial charge in [0.15, 0.2) is 11.5 Å². The Bertz CT molecular complexity index is 947. The number of carbonyl (C=O) groups is 1. The van der Waals surface area contributed by atoms with E-state index in [0.717, 1.165) is 60.3 Å². The number of aromatic nitrogens is 2. The van der Waals surface area contributed by atoms with Crippen LogP contribution in [0.3, 0.4) is 0 Å². The third-order valence-electron chi connectivity index (χ3n) is 6.41. The Labute approximate surface area is 184 Å². The number of amides is 1. The van der Waals surface area contributed by atoms with E-state index in [1.54, 1.807) is 0 Å². The van der Waals surface area contributed by atoms with Gasteiger partial charge in [0.25, 0.3) is 0 Å². The highest BCUT2D eigenvalue weighted by atomic mass is 16.6. The molecule has 0 bridgehead atoms. The van der Waals surface area contributed by atoms with Gasteiger partial charge in [-0.1, -0.05) is 6.07 Å². The van der Waals surface area contributed by atoms with Crippen molar-refractivity contribution in [2.75, 3.05) is 38.3 Å². The minimum atomic E-state index is -0.650. The van der Waals surface area contributed by atoms with Crippen molar-refractivity contribution in [3.8, 4) is 11.5 Å². The lowest BCUT2D eigenvalue weighted by Crippen LogP contribution is -2.50. The van der Waals surface area contributed by atoms with Crippen LogP contribution < -0.4 is 14.4 Å². The standard InChI is InChI=1S/C24H32N4O3/c1-16-14-22(26-17(2)25-16)28-10-8-19(9-11-28)27(5)23(29)24(3,4)18-6-7-20-21(15-18)31-13-12-30-20/h6-7,14-15,19H,8-13H2,1-5H3. The molecule has 7 heteroatoms. The van der Waals surface area contributed by atoms with Crippen LogP contribution in [0.25, 0.3) is 0 Å². The molecule has 3 heterocycles. The lowest BCUT2D eigenvalue weighted by Gasteiger charge is -2.40. The highest BCUT2D eigenvalue weighted by molar-refractivity contribution is 5.87. The van der Waals surface area contributed by atoms with Crippen molar-refractivity contribution in [2.24, 2.45) is 0 Å². The number of carbonyl (C=O) groups excluding carboxylic acids is 1. The number of benzene rings is 1. The molecule has 2 aliphatic rings. The number of fused-ring (bicyclic) bond motifs is 1. The van der Waals surface area contributed by atoms with Crippen molar-refractivity contribution in [2.45, 2.75) is 52.0 Å². The van der Waals surface area contributed by atoms with Gasteiger partial charge in [-0.05, 0) is 58.2 Å². The maximum absolute atomic E-state index is 13.5. The molecule has 0 spiro atoms. The molecule has 2 aromatic rings. The smallest absolute Gasteiger partial charge is 0.232 e. The molecule has 31 heavy (non-hydrogen) atoms. The summed E-state index contributed by atoms with van der Waals surface area (Å²) in [6.45, 7) is 10.7. The predicted molar refractivity (Wildman–Crippen MR) is 120 cm³/mol. The van der Waals surface area contributed by atoms with Gasteiger partial charge in [0.2, 0.25) is 5.91 Å². The van der Waals surface area contributed by atoms with Crippen LogP contribution in [0.2, 0.25) is 0 Å². The van der Waals surface area contributed by atoms with Crippen LogP contribution in [0.5, 0.6) is 11.5 Å². The lowest BCUT2D eigenvalue weighted by atomic mass is 9.82. The first kappa shape index (κ1) is 21.4. The molecular formula is C24H32N4O3. The van der Waals surface area contributed by atoms with E-state index in [1.807, 2.05) is 63.9 Å². The van der Waals surface area contributed by atoms with Crippen LogP contribution in [-0.2, 0) is 10.2 Å². The minimum Gasteiger partial charge on any atom is -0.486 e. The Hall–Kier alpha value is -2.83. The van der Waals surface area contributed by atoms with Crippen molar-refractivity contribution >= 4 is 11.7 Å². The maximum Gasteiger partial charge on any atom is 0.232 e. The van der Waals surface area contributed by atoms with E-state index in [9.17, 15) is 4.79 Å². The third-order valence-corrected chi connectivity index (χ3v) is 6.41. The summed E-state index contributed by atoms with van der Waals surface area (Å²) in [6.07, 6.45) is 1.84. The van der Waals surface area contributed by atoms with Crippen LogP contribution in [0.1, 0.15) is 43.8 Å². The lowest BCUT2D eigenvalue weighted by molar-refractivity contribution is -0.137. The maximum atomic E-state index is 13.5. The van der Waals surface area contributed by atoms with Gasteiger partial charge in [0, 0.05) is 37.9 Å². The van der Waals surface area contributed by atoms with Gasteiger partial charge in [-0.3, -0.25) is 4.79 Å². The fourth-order valence-corrected chi connectivity index (χ4v) is 4.50. The summed E-state index contributed by atoms with van der Waals surface area (Å²) in [4.78, 5) is 26.7. The first-order chi connectivity index (χ1) is 14.8. The van der Waals surface area contributed by atoms with Gasteiger partial charge in [-0.25, -0.2) is 9.97 Å². The molecule has 0 N–H and O–H groups in total. The Kier molecular flexibility index (Phi) is 5.77. The summed E-state index contributed by atoms with van der Waals surface area (Å²) in [5.74, 6) is 3.36. The molecule has 1 aromatic carbocycles. The van der Waals surface area contributed by atoms with Gasteiger partial charge in [-0.2, -0.15) is 0 Å². The Morgan fingerprint density at radius 2 is 1.74 bits per heavy atom. The van der Waals surface area contributed by atoms with Crippen molar-refractivity contribution in [3.05, 3.63) is 41.3 Å². The van der Waals surface area contributed by atoms with Gasteiger partial charge in [0.1, 0.15) is 24.9 Å². The number of hydrogen-bond acceptors (Lipinski definition) is 6. The molecule has 0 radical (unpaired) electrons. The summed E-state index contributed by atoms with van der Waals surface area (Å²) in [5, 5.41) is 0. The Morgan fingerprint density at radius 3 is 2.42 bits per heavy atom. The molecule has 1 amide bonds. The van der Waals surface area contributed by atoms with E-state index in [0.29, 0.717) is 13.2 Å². The molecule has 1 aromatic heterocycles. The second-order valence-corrected chi connectivity index (χ2v) is 9.03. The molecule has 166 valence electrons. The zero-order valence-electron chi connectivity index (χ0n) is 19.1. The first-order valence-corrected chi connectivity index (χ1v) is 11.0. The fourth-order valence-electron chi connectivity index (χ4n) is 4.50. The van der Waals surface area contributed by atoms with Crippen molar-refractivity contribution in [1.82, 2.24) is 14.9 Å². The van der Waals surface area contributed by atoms with E-state index in [-0.39, 0.29) is 11.9 Å². The zero-order chi connectivity index (χ0) is 22.2. The average Bonchev–Trinajstić information content (AvgIpc) is 2.77. The first-order valence-electron chi connectivity index (χ1n) is 11.0. The van der Waals surface area contributed by atoms with Crippen LogP contribution in [-0.4, -0.2) is 60.2 Å². The van der Waals surface area contributed by atoms with Gasteiger partial charge < -0.3 is 19.3 Å². The number of hydrogen-bond donors (Lipinski definition) is 0. The largest absolute Gasteiger partial charge is 0.486 e. The second kappa shape index (κ2) is 8.36. The van der Waals surface area contributed by atoms with Crippen LogP contribution in [0.15, 0.2) is 24.3 Å². The van der Waals surface area contributed by atoms with E-state index in [1.165, 1.54) is 0 Å². The quantitative estimate of drug-likeness (QED) is 0.750. The summed E-state index contributed by atoms with van der Waals surface area (Å²) < 4.78 is 11.3. The molecular weight excluding hydrogens is 392 g/mol. The van der Waals surface area contributed by atoms with Crippen molar-refractivity contribution in [3.63, 3.8) is 0 Å². The van der Waals surface area contributed by atoms with Gasteiger partial charge in [-0.15, -0.1) is 0 Å². The molecule has 0 saturated carbocycles. The number of nitrogens with zero attached hydrogens (tertiary/aromatic N) is 4. The number of likely N-dealkylation sites (N-methyl/N-ethyl adjacent to an activating group) is 1. The Morgan fingerprint density at radius 1 is 1.06 bits per heavy atom. The molecule has 2 aliphatic heterocycles. The highest BCUT2D eigenvalue weighted by Gasteiger charge is 2.37. The SMILES string of the molecule is Cc1cc(N2CCC(N(C)C(=O)C(C)(C)c3ccc4c(c3)OCCO4)CC2)nc(C)n1. The predicted octanol–water partition coefficient (Wildman–Crippen LogP) is 3.27. The topological polar surface area (TPSA) is 67.8 Å². The van der Waals surface area contributed by atoms with Crippen molar-refractivity contribution < 1.29 is 14.3 Å². The zero-order valence-corrected chi connectivity index (χ0v) is 19.1. The fraction of sp³-hybridized carbons (Fsp3) is 0.542. The summed E-state index contributed by atoms with van der Waals surface area (Å²) in [7, 11) is 1.93. The number of ether oxygens (including phenoxy) is 2. The Balaban J connectivity index is 1.43. The monoisotopic (exact) mass is 424 g/mol. The van der Waals surface area contributed by atoms with E-state index in [4.69, 9.17) is 9.47 Å². The summed E-state index contributed by atoms with van der Waals surface area (Å²) in [6, 6.07) is 8.07. The third kappa shape index (κ3) is 4.31. The molecule has 0 unspecified atom stereocenters. The van der Waals surface area contributed by atoms with Crippen LogP contribution in [0.4, 0.5) is 5.82 Å². The van der Waals surface area contributed by atoms with Crippen LogP contribution in [0, 0.1) is 13.8 Å². The molecule has 0 aliphatic carbocycles. The van der Waals surface area contributed by atoms with Crippen molar-refractivity contribution in [1.29, 1.82) is 0 Å². The molecule has 1 saturated heterocycles. The van der Waals surface area contributed by atoms with Gasteiger partial charge in [0.05, 0.1) is 5.41 Å². The average molecular weight is 425 g/mol. The molecule has 1 fully saturated rings. The van der Waals surface area contributed by atoms with E-state index >= 15 is 0 Å². The summed E-state index contributed by atoms with van der Waals surface area (Å²) >= 11 is 0. The molecule has 4 rings (SSSR count). The van der Waals surface area contributed by atoms with Crippen LogP contribution >= 0.6 is 0 Å². The molecule has 0 atom stereocenters. The number of anilines is 1. The number of piperidine rings is 1.